The number of sulfone groups is 1. The third kappa shape index (κ3) is 5.02. The van der Waals surface area contributed by atoms with Gasteiger partial charge in [0.2, 0.25) is 0 Å². The number of fused-ring (bicyclic) bond motifs is 2. The minimum atomic E-state index is -3.00. The Morgan fingerprint density at radius 2 is 2.26 bits per heavy atom. The highest BCUT2D eigenvalue weighted by atomic mass is 35.5. The molecule has 4 heterocycles. The second-order valence-electron chi connectivity index (χ2n) is 8.70. The van der Waals surface area contributed by atoms with Crippen LogP contribution in [0.3, 0.4) is 0 Å². The van der Waals surface area contributed by atoms with Crippen LogP contribution in [0, 0.1) is 0 Å². The number of rotatable bonds is 7. The van der Waals surface area contributed by atoms with Crippen molar-refractivity contribution in [2.75, 3.05) is 32.3 Å². The van der Waals surface area contributed by atoms with Crippen LogP contribution in [-0.4, -0.2) is 61.4 Å². The second-order valence-corrected chi connectivity index (χ2v) is 12.6. The van der Waals surface area contributed by atoms with Crippen molar-refractivity contribution in [3.05, 3.63) is 38.3 Å². The average molecular weight is 488 g/mol. The Morgan fingerprint density at radius 3 is 2.97 bits per heavy atom. The summed E-state index contributed by atoms with van der Waals surface area (Å²) in [5.41, 5.74) is 3.30. The Kier molecular flexibility index (Phi) is 6.82. The molecule has 1 fully saturated rings. The van der Waals surface area contributed by atoms with Gasteiger partial charge in [0.15, 0.2) is 0 Å². The van der Waals surface area contributed by atoms with Crippen molar-refractivity contribution in [1.82, 2.24) is 14.7 Å². The number of aromatic nitrogens is 2. The molecule has 2 unspecified atom stereocenters. The largest absolute Gasteiger partial charge is 0.380 e. The second kappa shape index (κ2) is 9.11. The molecule has 10 heteroatoms. The van der Waals surface area contributed by atoms with Gasteiger partial charge in [0.25, 0.3) is 0 Å². The van der Waals surface area contributed by atoms with Crippen LogP contribution in [0.4, 0.5) is 0 Å². The van der Waals surface area contributed by atoms with Crippen molar-refractivity contribution in [3.63, 3.8) is 0 Å². The van der Waals surface area contributed by atoms with Gasteiger partial charge in [-0.05, 0) is 31.7 Å². The molecule has 2 atom stereocenters. The van der Waals surface area contributed by atoms with Crippen LogP contribution in [0.25, 0.3) is 0 Å². The smallest absolute Gasteiger partial charge is 0.149 e. The molecule has 0 aliphatic carbocycles. The summed E-state index contributed by atoms with van der Waals surface area (Å²) in [7, 11) is -1.29. The molecular formula is C21H30ClN3O4S2. The van der Waals surface area contributed by atoms with E-state index in [9.17, 15) is 8.42 Å². The van der Waals surface area contributed by atoms with E-state index in [1.54, 1.807) is 23.1 Å². The number of thiophene rings is 1. The van der Waals surface area contributed by atoms with E-state index in [0.717, 1.165) is 54.4 Å². The molecule has 0 N–H and O–H groups in total. The fraction of sp³-hybridized carbons (Fsp3) is 0.667. The molecule has 0 bridgehead atoms. The van der Waals surface area contributed by atoms with Crippen molar-refractivity contribution >= 4 is 32.8 Å². The van der Waals surface area contributed by atoms with Gasteiger partial charge in [-0.3, -0.25) is 9.58 Å². The number of piperidine rings is 1. The number of likely N-dealkylation sites (tertiary alicyclic amines) is 1. The van der Waals surface area contributed by atoms with Crippen molar-refractivity contribution in [2.24, 2.45) is 0 Å². The maximum atomic E-state index is 11.4. The summed E-state index contributed by atoms with van der Waals surface area (Å²) >= 11 is 8.23. The number of aryl methyl sites for hydroxylation is 1. The Balaban J connectivity index is 1.44. The predicted molar refractivity (Wildman–Crippen MR) is 122 cm³/mol. The van der Waals surface area contributed by atoms with Crippen LogP contribution in [0.5, 0.6) is 0 Å². The lowest BCUT2D eigenvalue weighted by atomic mass is 9.81. The zero-order valence-electron chi connectivity index (χ0n) is 18.3. The third-order valence-electron chi connectivity index (χ3n) is 6.32. The minimum absolute atomic E-state index is 0.102. The molecule has 2 aliphatic rings. The van der Waals surface area contributed by atoms with Crippen molar-refractivity contribution < 1.29 is 17.9 Å². The Morgan fingerprint density at radius 1 is 1.45 bits per heavy atom. The van der Waals surface area contributed by atoms with Gasteiger partial charge in [0.05, 0.1) is 36.0 Å². The van der Waals surface area contributed by atoms with E-state index in [0.29, 0.717) is 19.2 Å². The molecule has 31 heavy (non-hydrogen) atoms. The number of halogens is 1. The highest BCUT2D eigenvalue weighted by molar-refractivity contribution is 7.90. The number of hydrogen-bond acceptors (Lipinski definition) is 7. The summed E-state index contributed by atoms with van der Waals surface area (Å²) in [6.07, 6.45) is 7.78. The van der Waals surface area contributed by atoms with Crippen molar-refractivity contribution in [2.45, 2.75) is 57.5 Å². The maximum Gasteiger partial charge on any atom is 0.149 e. The monoisotopic (exact) mass is 487 g/mol. The zero-order valence-corrected chi connectivity index (χ0v) is 20.7. The van der Waals surface area contributed by atoms with Crippen LogP contribution in [0.15, 0.2) is 12.4 Å². The summed E-state index contributed by atoms with van der Waals surface area (Å²) in [6, 6.07) is 0.339. The highest BCUT2D eigenvalue weighted by Crippen LogP contribution is 2.50. The SMILES string of the molecule is COCc1c(Cl)sc2c1CCOC21CCN(Cc2cnn(CCS(C)(=O)=O)c2)C(C)C1. The van der Waals surface area contributed by atoms with Gasteiger partial charge < -0.3 is 9.47 Å². The third-order valence-corrected chi connectivity index (χ3v) is 8.95. The van der Waals surface area contributed by atoms with Crippen LogP contribution in [0.1, 0.15) is 41.3 Å². The summed E-state index contributed by atoms with van der Waals surface area (Å²) in [5.74, 6) is 0.102. The van der Waals surface area contributed by atoms with Gasteiger partial charge in [-0.15, -0.1) is 11.3 Å². The Hall–Kier alpha value is -0.970. The first-order chi connectivity index (χ1) is 14.7. The average Bonchev–Trinajstić information content (AvgIpc) is 3.28. The molecule has 172 valence electrons. The summed E-state index contributed by atoms with van der Waals surface area (Å²) in [4.78, 5) is 3.74. The van der Waals surface area contributed by atoms with E-state index < -0.39 is 9.84 Å². The Labute approximate surface area is 193 Å². The molecule has 4 rings (SSSR count). The van der Waals surface area contributed by atoms with E-state index in [-0.39, 0.29) is 11.4 Å². The van der Waals surface area contributed by atoms with Gasteiger partial charge in [-0.25, -0.2) is 8.42 Å². The predicted octanol–water partition coefficient (Wildman–Crippen LogP) is 3.24. The first-order valence-electron chi connectivity index (χ1n) is 10.6. The molecule has 1 saturated heterocycles. The molecule has 2 aromatic rings. The minimum Gasteiger partial charge on any atom is -0.380 e. The van der Waals surface area contributed by atoms with E-state index >= 15 is 0 Å². The zero-order chi connectivity index (χ0) is 22.2. The van der Waals surface area contributed by atoms with Gasteiger partial charge in [0, 0.05) is 54.7 Å². The van der Waals surface area contributed by atoms with Gasteiger partial charge in [-0.2, -0.15) is 5.10 Å². The van der Waals surface area contributed by atoms with E-state index in [1.807, 2.05) is 12.4 Å². The molecular weight excluding hydrogens is 458 g/mol. The number of ether oxygens (including phenoxy) is 2. The topological polar surface area (TPSA) is 73.7 Å². The van der Waals surface area contributed by atoms with Crippen LogP contribution >= 0.6 is 22.9 Å². The standard InChI is InChI=1S/C21H30ClN3O4S2/c1-15-10-21(19-17(4-8-29-21)18(14-28-2)20(22)30-19)5-6-24(15)12-16-11-23-25(13-16)7-9-31(3,26)27/h11,13,15H,4-10,12,14H2,1-3H3. The van der Waals surface area contributed by atoms with E-state index in [4.69, 9.17) is 21.1 Å². The quantitative estimate of drug-likeness (QED) is 0.597. The molecule has 0 radical (unpaired) electrons. The van der Waals surface area contributed by atoms with Gasteiger partial charge in [-0.1, -0.05) is 11.6 Å². The van der Waals surface area contributed by atoms with Crippen molar-refractivity contribution in [3.8, 4) is 0 Å². The summed E-state index contributed by atoms with van der Waals surface area (Å²) in [6.45, 7) is 5.62. The van der Waals surface area contributed by atoms with E-state index in [1.165, 1.54) is 16.7 Å². The number of nitrogens with zero attached hydrogens (tertiary/aromatic N) is 3. The maximum absolute atomic E-state index is 11.4. The lowest BCUT2D eigenvalue weighted by molar-refractivity contribution is -0.110. The molecule has 0 saturated carbocycles. The Bertz CT molecular complexity index is 1040. The van der Waals surface area contributed by atoms with Gasteiger partial charge in [0.1, 0.15) is 15.4 Å². The normalized spacial score (nSPS) is 24.6. The van der Waals surface area contributed by atoms with Gasteiger partial charge >= 0.3 is 0 Å². The van der Waals surface area contributed by atoms with E-state index in [2.05, 4.69) is 16.9 Å². The summed E-state index contributed by atoms with van der Waals surface area (Å²) < 4.78 is 37.1. The van der Waals surface area contributed by atoms with Crippen LogP contribution < -0.4 is 0 Å². The first kappa shape index (κ1) is 23.2. The fourth-order valence-corrected chi connectivity index (χ4v) is 6.91. The fourth-order valence-electron chi connectivity index (χ4n) is 4.73. The molecule has 1 spiro atoms. The van der Waals surface area contributed by atoms with Crippen LogP contribution in [-0.2, 0) is 51.0 Å². The van der Waals surface area contributed by atoms with Crippen LogP contribution in [0.2, 0.25) is 4.34 Å². The molecule has 0 aromatic carbocycles. The highest BCUT2D eigenvalue weighted by Gasteiger charge is 2.45. The number of methoxy groups -OCH3 is 1. The molecule has 2 aliphatic heterocycles. The van der Waals surface area contributed by atoms with Crippen molar-refractivity contribution in [1.29, 1.82) is 0 Å². The first-order valence-corrected chi connectivity index (χ1v) is 13.8. The lowest BCUT2D eigenvalue weighted by Gasteiger charge is -2.47. The molecule has 7 nitrogen and oxygen atoms in total. The lowest BCUT2D eigenvalue weighted by Crippen LogP contribution is -2.50. The number of hydrogen-bond donors (Lipinski definition) is 0. The summed E-state index contributed by atoms with van der Waals surface area (Å²) in [5, 5.41) is 4.33. The molecule has 0 amide bonds. The molecule has 2 aromatic heterocycles.